The molecule has 0 aliphatic heterocycles. The van der Waals surface area contributed by atoms with Crippen molar-refractivity contribution in [2.75, 3.05) is 0 Å². The molecule has 0 aromatic heterocycles. The van der Waals surface area contributed by atoms with Crippen molar-refractivity contribution in [1.29, 1.82) is 0 Å². The van der Waals surface area contributed by atoms with E-state index >= 15 is 0 Å². The number of fused-ring (bicyclic) bond motifs is 6. The number of hydrogen-bond donors (Lipinski definition) is 0. The van der Waals surface area contributed by atoms with Crippen LogP contribution in [-0.2, 0) is 0 Å². The Balaban J connectivity index is 1.40. The lowest BCUT2D eigenvalue weighted by atomic mass is 9.67. The van der Waals surface area contributed by atoms with E-state index in [0.29, 0.717) is 65.1 Å². The van der Waals surface area contributed by atoms with Gasteiger partial charge in [0.2, 0.25) is 0 Å². The summed E-state index contributed by atoms with van der Waals surface area (Å²) < 4.78 is 0. The van der Waals surface area contributed by atoms with Gasteiger partial charge >= 0.3 is 0 Å². The molecule has 2 saturated carbocycles. The van der Waals surface area contributed by atoms with Crippen LogP contribution in [0.5, 0.6) is 0 Å². The summed E-state index contributed by atoms with van der Waals surface area (Å²) in [6, 6.07) is 0. The largest absolute Gasteiger partial charge is 0.103 e. The minimum absolute atomic E-state index is 0.187. The van der Waals surface area contributed by atoms with E-state index in [9.17, 15) is 0 Å². The highest BCUT2D eigenvalue weighted by Gasteiger charge is 2.54. The molecule has 6 aliphatic carbocycles. The number of rotatable bonds is 6. The van der Waals surface area contributed by atoms with Gasteiger partial charge < -0.3 is 0 Å². The van der Waals surface area contributed by atoms with E-state index in [1.54, 1.807) is 0 Å². The highest BCUT2D eigenvalue weighted by Crippen LogP contribution is 2.60. The SMILES string of the molecule is C=CCCC(CC1C2C=C(C(C)(C)C)C=CC2C2C=CC(C(C)(C)C)=CC21)C1C2C=CC=CC2C2C=CC(C)=CC21. The van der Waals surface area contributed by atoms with Crippen LogP contribution < -0.4 is 0 Å². The summed E-state index contributed by atoms with van der Waals surface area (Å²) in [5.74, 6) is 7.10. The fraction of sp³-hybridized carbons (Fsp3) is 0.561. The molecule has 10 atom stereocenters. The summed E-state index contributed by atoms with van der Waals surface area (Å²) in [5, 5.41) is 0. The third kappa shape index (κ3) is 5.23. The molecule has 0 radical (unpaired) electrons. The van der Waals surface area contributed by atoms with Gasteiger partial charge in [0.05, 0.1) is 0 Å². The Morgan fingerprint density at radius 3 is 1.73 bits per heavy atom. The Hall–Kier alpha value is -2.34. The van der Waals surface area contributed by atoms with Crippen molar-refractivity contribution >= 4 is 0 Å². The molecule has 10 unspecified atom stereocenters. The van der Waals surface area contributed by atoms with Gasteiger partial charge in [0, 0.05) is 0 Å². The molecule has 0 N–H and O–H groups in total. The van der Waals surface area contributed by atoms with Crippen molar-refractivity contribution in [3.05, 3.63) is 108 Å². The molecule has 6 rings (SSSR count). The Kier molecular flexibility index (Phi) is 7.53. The Morgan fingerprint density at radius 2 is 1.17 bits per heavy atom. The lowest BCUT2D eigenvalue weighted by Crippen LogP contribution is -2.30. The van der Waals surface area contributed by atoms with E-state index in [0.717, 1.165) is 6.42 Å². The molecule has 218 valence electrons. The van der Waals surface area contributed by atoms with Crippen LogP contribution in [0.15, 0.2) is 108 Å². The molecule has 0 aromatic carbocycles. The first-order valence-electron chi connectivity index (χ1n) is 16.6. The van der Waals surface area contributed by atoms with E-state index in [-0.39, 0.29) is 10.8 Å². The molecule has 41 heavy (non-hydrogen) atoms. The standard InChI is InChI=1S/C41H54/c1-9-10-13-27(39-34-15-12-11-14-30(34)33-19-16-26(2)22-38(33)39)23-35-36-24-28(40(3,4)5)17-20-31(36)32-21-18-29(25-37(32)35)41(6,7)8/h9,11-12,14-22,24-25,27,30-39H,1,10,13,23H2,2-8H3. The highest BCUT2D eigenvalue weighted by molar-refractivity contribution is 5.39. The lowest BCUT2D eigenvalue weighted by Gasteiger charge is -2.38. The third-order valence-electron chi connectivity index (χ3n) is 11.7. The maximum absolute atomic E-state index is 4.19. The summed E-state index contributed by atoms with van der Waals surface area (Å²) in [7, 11) is 0. The average Bonchev–Trinajstić information content (AvgIpc) is 3.41. The molecule has 0 spiro atoms. The maximum atomic E-state index is 4.19. The fourth-order valence-corrected chi connectivity index (χ4v) is 9.65. The van der Waals surface area contributed by atoms with E-state index in [4.69, 9.17) is 0 Å². The molecule has 0 bridgehead atoms. The molecule has 0 amide bonds. The van der Waals surface area contributed by atoms with Gasteiger partial charge in [0.25, 0.3) is 0 Å². The third-order valence-corrected chi connectivity index (χ3v) is 11.7. The van der Waals surface area contributed by atoms with Gasteiger partial charge in [-0.1, -0.05) is 132 Å². The van der Waals surface area contributed by atoms with Gasteiger partial charge in [-0.3, -0.25) is 0 Å². The number of allylic oxidation sites excluding steroid dienone is 17. The second-order valence-electron chi connectivity index (χ2n) is 16.2. The van der Waals surface area contributed by atoms with Crippen LogP contribution in [0.25, 0.3) is 0 Å². The maximum Gasteiger partial charge on any atom is -0.00953 e. The predicted molar refractivity (Wildman–Crippen MR) is 177 cm³/mol. The van der Waals surface area contributed by atoms with Crippen LogP contribution >= 0.6 is 0 Å². The Morgan fingerprint density at radius 1 is 0.659 bits per heavy atom. The highest BCUT2D eigenvalue weighted by atomic mass is 14.6. The molecule has 0 heterocycles. The van der Waals surface area contributed by atoms with Crippen molar-refractivity contribution < 1.29 is 0 Å². The molecular weight excluding hydrogens is 492 g/mol. The van der Waals surface area contributed by atoms with Crippen molar-refractivity contribution in [2.24, 2.45) is 75.9 Å². The minimum Gasteiger partial charge on any atom is -0.103 e. The molecule has 0 aromatic rings. The van der Waals surface area contributed by atoms with Gasteiger partial charge in [-0.15, -0.1) is 6.58 Å². The summed E-state index contributed by atoms with van der Waals surface area (Å²) in [4.78, 5) is 0. The molecule has 2 fully saturated rings. The van der Waals surface area contributed by atoms with Crippen LogP contribution in [0.3, 0.4) is 0 Å². The zero-order valence-corrected chi connectivity index (χ0v) is 26.8. The smallest absolute Gasteiger partial charge is 0.00953 e. The fourth-order valence-electron chi connectivity index (χ4n) is 9.65. The Bertz CT molecular complexity index is 1220. The summed E-state index contributed by atoms with van der Waals surface area (Å²) >= 11 is 0. The first-order chi connectivity index (χ1) is 19.5. The minimum atomic E-state index is 0.187. The van der Waals surface area contributed by atoms with Crippen molar-refractivity contribution in [3.8, 4) is 0 Å². The van der Waals surface area contributed by atoms with E-state index < -0.39 is 0 Å². The van der Waals surface area contributed by atoms with Crippen LogP contribution in [0.2, 0.25) is 0 Å². The van der Waals surface area contributed by atoms with Crippen LogP contribution in [0.4, 0.5) is 0 Å². The van der Waals surface area contributed by atoms with Crippen LogP contribution in [0, 0.1) is 75.9 Å². The topological polar surface area (TPSA) is 0 Å². The first kappa shape index (κ1) is 28.8. The monoisotopic (exact) mass is 546 g/mol. The molecule has 0 heteroatoms. The summed E-state index contributed by atoms with van der Waals surface area (Å²) in [6.45, 7) is 20.8. The van der Waals surface area contributed by atoms with Gasteiger partial charge in [-0.2, -0.15) is 0 Å². The quantitative estimate of drug-likeness (QED) is 0.291. The Labute approximate surface area is 251 Å². The lowest BCUT2D eigenvalue weighted by molar-refractivity contribution is 0.169. The summed E-state index contributed by atoms with van der Waals surface area (Å²) in [6.07, 6.45) is 38.9. The predicted octanol–water partition coefficient (Wildman–Crippen LogP) is 10.9. The van der Waals surface area contributed by atoms with Gasteiger partial charge in [-0.05, 0) is 113 Å². The molecule has 6 aliphatic rings. The average molecular weight is 547 g/mol. The normalized spacial score (nSPS) is 39.3. The summed E-state index contributed by atoms with van der Waals surface area (Å²) in [5.41, 5.74) is 4.90. The second kappa shape index (κ2) is 10.7. The van der Waals surface area contributed by atoms with Gasteiger partial charge in [0.1, 0.15) is 0 Å². The van der Waals surface area contributed by atoms with E-state index in [1.165, 1.54) is 29.6 Å². The second-order valence-corrected chi connectivity index (χ2v) is 16.2. The van der Waals surface area contributed by atoms with Crippen LogP contribution in [0.1, 0.15) is 67.7 Å². The van der Waals surface area contributed by atoms with Crippen LogP contribution in [-0.4, -0.2) is 0 Å². The molecule has 0 saturated heterocycles. The number of hydrogen-bond acceptors (Lipinski definition) is 0. The van der Waals surface area contributed by atoms with E-state index in [1.807, 2.05) is 0 Å². The van der Waals surface area contributed by atoms with E-state index in [2.05, 4.69) is 140 Å². The van der Waals surface area contributed by atoms with Gasteiger partial charge in [-0.25, -0.2) is 0 Å². The van der Waals surface area contributed by atoms with Crippen molar-refractivity contribution in [3.63, 3.8) is 0 Å². The van der Waals surface area contributed by atoms with Crippen molar-refractivity contribution in [1.82, 2.24) is 0 Å². The zero-order valence-electron chi connectivity index (χ0n) is 26.8. The molecular formula is C41H54. The van der Waals surface area contributed by atoms with Crippen molar-refractivity contribution in [2.45, 2.75) is 67.7 Å². The molecule has 0 nitrogen and oxygen atoms in total. The first-order valence-corrected chi connectivity index (χ1v) is 16.6. The van der Waals surface area contributed by atoms with Gasteiger partial charge in [0.15, 0.2) is 0 Å². The zero-order chi connectivity index (χ0) is 29.1.